The minimum Gasteiger partial charge on any atom is -0.373 e. The van der Waals surface area contributed by atoms with Crippen LogP contribution in [0.4, 0.5) is 13.2 Å². The molecule has 0 amide bonds. The number of aromatic nitrogens is 3. The van der Waals surface area contributed by atoms with Crippen molar-refractivity contribution >= 4 is 21.8 Å². The van der Waals surface area contributed by atoms with Gasteiger partial charge in [0.05, 0.1) is 22.4 Å². The van der Waals surface area contributed by atoms with Gasteiger partial charge in [0.2, 0.25) is 0 Å². The van der Waals surface area contributed by atoms with E-state index in [1.807, 2.05) is 0 Å². The van der Waals surface area contributed by atoms with Gasteiger partial charge in [-0.2, -0.15) is 0 Å². The summed E-state index contributed by atoms with van der Waals surface area (Å²) < 4.78 is 59.9. The predicted molar refractivity (Wildman–Crippen MR) is 129 cm³/mol. The highest BCUT2D eigenvalue weighted by Gasteiger charge is 2.43. The second-order valence-electron chi connectivity index (χ2n) is 9.15. The van der Waals surface area contributed by atoms with Crippen molar-refractivity contribution < 1.29 is 22.1 Å². The molecule has 1 aliphatic carbocycles. The molecule has 10 heteroatoms. The van der Waals surface area contributed by atoms with Crippen LogP contribution in [0.15, 0.2) is 35.4 Å². The summed E-state index contributed by atoms with van der Waals surface area (Å²) in [6, 6.07) is 5.75. The Labute approximate surface area is 204 Å². The number of halogens is 3. The molecule has 0 aliphatic heterocycles. The van der Waals surface area contributed by atoms with Crippen LogP contribution >= 0.6 is 0 Å². The summed E-state index contributed by atoms with van der Waals surface area (Å²) >= 11 is 0. The molecule has 188 valence electrons. The largest absolute Gasteiger partial charge is 0.373 e. The molecule has 4 rings (SSSR count). The van der Waals surface area contributed by atoms with Crippen molar-refractivity contribution in [2.24, 2.45) is 13.0 Å². The first-order valence-electron chi connectivity index (χ1n) is 11.4. The highest BCUT2D eigenvalue weighted by molar-refractivity contribution is 7.84. The Bertz CT molecular complexity index is 1330. The standard InChI is InChI=1S/C25H28F3N3O3S/c1-31-23-18(11-19(24(31)32)25(34-2)10-9-15(12-25)13-35(3)33)20(29-14-30-23)8-7-16-5-4-6-17(21(16)26)22(27)28/h4-6,11,14-15,22H,7-10,12-13H2,1-3H3/t15-,25?,35?/m0/s1. The minimum absolute atomic E-state index is 0.163. The molecule has 0 spiro atoms. The SMILES string of the molecule is COC1(c2cc3c(CCc4cccc(C(F)F)c4F)ncnc3n(C)c2=O)CC[C@H](CS(C)=O)C1. The molecule has 0 radical (unpaired) electrons. The van der Waals surface area contributed by atoms with Gasteiger partial charge in [-0.15, -0.1) is 0 Å². The predicted octanol–water partition coefficient (Wildman–Crippen LogP) is 4.21. The smallest absolute Gasteiger partial charge is 0.266 e. The number of pyridine rings is 1. The molecule has 0 saturated heterocycles. The maximum Gasteiger partial charge on any atom is 0.266 e. The summed E-state index contributed by atoms with van der Waals surface area (Å²) in [5.41, 5.74) is 0.0342. The second kappa shape index (κ2) is 10.2. The highest BCUT2D eigenvalue weighted by atomic mass is 32.2. The van der Waals surface area contributed by atoms with E-state index in [1.165, 1.54) is 23.0 Å². The van der Waals surface area contributed by atoms with Gasteiger partial charge in [0.15, 0.2) is 0 Å². The summed E-state index contributed by atoms with van der Waals surface area (Å²) in [5, 5.41) is 0.633. The average Bonchev–Trinajstić information content (AvgIpc) is 3.23. The fraction of sp³-hybridized carbons (Fsp3) is 0.480. The van der Waals surface area contributed by atoms with E-state index in [0.29, 0.717) is 40.9 Å². The van der Waals surface area contributed by atoms with Gasteiger partial charge in [-0.1, -0.05) is 18.2 Å². The third-order valence-corrected chi connectivity index (χ3v) is 7.93. The van der Waals surface area contributed by atoms with Crippen LogP contribution in [-0.2, 0) is 41.0 Å². The third-order valence-electron chi connectivity index (χ3n) is 6.99. The molecule has 1 fully saturated rings. The molecule has 0 bridgehead atoms. The van der Waals surface area contributed by atoms with Crippen LogP contribution in [0, 0.1) is 11.7 Å². The van der Waals surface area contributed by atoms with E-state index in [-0.39, 0.29) is 29.9 Å². The molecule has 2 aromatic heterocycles. The summed E-state index contributed by atoms with van der Waals surface area (Å²) in [4.78, 5) is 22.0. The molecule has 2 heterocycles. The Morgan fingerprint density at radius 3 is 2.74 bits per heavy atom. The maximum absolute atomic E-state index is 14.6. The van der Waals surface area contributed by atoms with Gasteiger partial charge in [-0.25, -0.2) is 23.1 Å². The Hall–Kier alpha value is -2.59. The highest BCUT2D eigenvalue weighted by Crippen LogP contribution is 2.44. The zero-order chi connectivity index (χ0) is 25.3. The Kier molecular flexibility index (Phi) is 7.42. The van der Waals surface area contributed by atoms with Gasteiger partial charge in [0.1, 0.15) is 17.8 Å². The van der Waals surface area contributed by atoms with E-state index in [4.69, 9.17) is 4.74 Å². The van der Waals surface area contributed by atoms with Crippen molar-refractivity contribution in [3.05, 3.63) is 69.1 Å². The number of alkyl halides is 2. The Morgan fingerprint density at radius 1 is 1.29 bits per heavy atom. The van der Waals surface area contributed by atoms with Crippen LogP contribution in [0.5, 0.6) is 0 Å². The van der Waals surface area contributed by atoms with E-state index in [2.05, 4.69) is 9.97 Å². The molecule has 0 N–H and O–H groups in total. The van der Waals surface area contributed by atoms with E-state index in [9.17, 15) is 22.2 Å². The van der Waals surface area contributed by atoms with Gasteiger partial charge in [-0.3, -0.25) is 13.6 Å². The number of nitrogens with zero attached hydrogens (tertiary/aromatic N) is 3. The first-order valence-corrected chi connectivity index (χ1v) is 13.1. The van der Waals surface area contributed by atoms with Crippen molar-refractivity contribution in [3.8, 4) is 0 Å². The van der Waals surface area contributed by atoms with Gasteiger partial charge in [0, 0.05) is 42.4 Å². The average molecular weight is 508 g/mol. The van der Waals surface area contributed by atoms with Crippen LogP contribution in [0.25, 0.3) is 11.0 Å². The molecule has 1 aliphatic rings. The zero-order valence-electron chi connectivity index (χ0n) is 19.9. The molecule has 35 heavy (non-hydrogen) atoms. The molecular weight excluding hydrogens is 479 g/mol. The van der Waals surface area contributed by atoms with Crippen molar-refractivity contribution in [2.75, 3.05) is 19.1 Å². The van der Waals surface area contributed by atoms with Crippen LogP contribution in [-0.4, -0.2) is 37.9 Å². The second-order valence-corrected chi connectivity index (χ2v) is 10.6. The fourth-order valence-corrected chi connectivity index (χ4v) is 6.13. The molecule has 1 aromatic carbocycles. The lowest BCUT2D eigenvalue weighted by Crippen LogP contribution is -2.35. The maximum atomic E-state index is 14.6. The van der Waals surface area contributed by atoms with E-state index >= 15 is 0 Å². The van der Waals surface area contributed by atoms with Crippen LogP contribution in [0.3, 0.4) is 0 Å². The number of aryl methyl sites for hydroxylation is 3. The molecule has 3 aromatic rings. The number of rotatable bonds is 8. The molecule has 2 unspecified atom stereocenters. The van der Waals surface area contributed by atoms with E-state index in [1.54, 1.807) is 26.5 Å². The van der Waals surface area contributed by atoms with Crippen LogP contribution in [0.2, 0.25) is 0 Å². The molecule has 3 atom stereocenters. The lowest BCUT2D eigenvalue weighted by atomic mass is 9.90. The first-order chi connectivity index (χ1) is 16.7. The number of hydrogen-bond acceptors (Lipinski definition) is 5. The van der Waals surface area contributed by atoms with Crippen molar-refractivity contribution in [1.82, 2.24) is 14.5 Å². The summed E-state index contributed by atoms with van der Waals surface area (Å²) in [6.07, 6.45) is 2.57. The Morgan fingerprint density at radius 2 is 2.06 bits per heavy atom. The number of methoxy groups -OCH3 is 1. The molecule has 6 nitrogen and oxygen atoms in total. The lowest BCUT2D eigenvalue weighted by Gasteiger charge is -2.28. The number of hydrogen-bond donors (Lipinski definition) is 0. The monoisotopic (exact) mass is 507 g/mol. The quantitative estimate of drug-likeness (QED) is 0.457. The summed E-state index contributed by atoms with van der Waals surface area (Å²) in [7, 11) is 2.27. The summed E-state index contributed by atoms with van der Waals surface area (Å²) in [5.74, 6) is -0.174. The first kappa shape index (κ1) is 25.5. The van der Waals surface area contributed by atoms with Crippen molar-refractivity contribution in [3.63, 3.8) is 0 Å². The summed E-state index contributed by atoms with van der Waals surface area (Å²) in [6.45, 7) is 0. The van der Waals surface area contributed by atoms with Gasteiger partial charge in [0.25, 0.3) is 12.0 Å². The number of fused-ring (bicyclic) bond motifs is 1. The molecule has 1 saturated carbocycles. The fourth-order valence-electron chi connectivity index (χ4n) is 5.18. The van der Waals surface area contributed by atoms with Crippen LogP contribution < -0.4 is 5.56 Å². The number of benzene rings is 1. The van der Waals surface area contributed by atoms with E-state index in [0.717, 1.165) is 12.5 Å². The van der Waals surface area contributed by atoms with Gasteiger partial charge < -0.3 is 4.74 Å². The molecular formula is C25H28F3N3O3S. The topological polar surface area (TPSA) is 74.1 Å². The van der Waals surface area contributed by atoms with Crippen molar-refractivity contribution in [1.29, 1.82) is 0 Å². The normalized spacial score (nSPS) is 21.2. The van der Waals surface area contributed by atoms with Gasteiger partial charge >= 0.3 is 0 Å². The van der Waals surface area contributed by atoms with Crippen LogP contribution in [0.1, 0.15) is 48.1 Å². The zero-order valence-corrected chi connectivity index (χ0v) is 20.7. The van der Waals surface area contributed by atoms with Crippen molar-refractivity contribution in [2.45, 2.75) is 44.1 Å². The lowest BCUT2D eigenvalue weighted by molar-refractivity contribution is -0.0127. The van der Waals surface area contributed by atoms with E-state index < -0.39 is 34.2 Å². The Balaban J connectivity index is 1.73. The minimum atomic E-state index is -2.89. The van der Waals surface area contributed by atoms with Gasteiger partial charge in [-0.05, 0) is 49.7 Å². The third kappa shape index (κ3) is 4.91. The number of ether oxygens (including phenoxy) is 1.